The Bertz CT molecular complexity index is 608. The largest absolute Gasteiger partial charge is 0.497 e. The number of aromatic amines is 1. The summed E-state index contributed by atoms with van der Waals surface area (Å²) >= 11 is 0. The summed E-state index contributed by atoms with van der Waals surface area (Å²) in [5, 5.41) is 3.39. The minimum absolute atomic E-state index is 0.0577. The first-order valence-electron chi connectivity index (χ1n) is 6.31. The van der Waals surface area contributed by atoms with Gasteiger partial charge in [-0.3, -0.25) is 9.88 Å². The number of imidazole rings is 1. The molecule has 18 heavy (non-hydrogen) atoms. The van der Waals surface area contributed by atoms with Crippen LogP contribution in [0, 0.1) is 0 Å². The number of ether oxygens (including phenoxy) is 1. The van der Waals surface area contributed by atoms with E-state index >= 15 is 0 Å². The predicted octanol–water partition coefficient (Wildman–Crippen LogP) is 1.61. The van der Waals surface area contributed by atoms with E-state index in [2.05, 4.69) is 10.3 Å². The molecule has 96 valence electrons. The second-order valence-electron chi connectivity index (χ2n) is 4.65. The number of benzene rings is 1. The summed E-state index contributed by atoms with van der Waals surface area (Å²) in [6.45, 7) is 0.966. The fourth-order valence-corrected chi connectivity index (χ4v) is 2.59. The van der Waals surface area contributed by atoms with Crippen LogP contribution in [0.4, 0.5) is 0 Å². The molecule has 1 unspecified atom stereocenters. The van der Waals surface area contributed by atoms with E-state index in [1.54, 1.807) is 11.7 Å². The zero-order valence-electron chi connectivity index (χ0n) is 10.4. The molecule has 3 rings (SSSR count). The van der Waals surface area contributed by atoms with Crippen LogP contribution in [0.1, 0.15) is 25.4 Å². The Labute approximate surface area is 105 Å². The summed E-state index contributed by atoms with van der Waals surface area (Å²) in [4.78, 5) is 15.0. The standard InChI is InChI=1S/C13H17N3O2/c1-18-9-5-6-10-11(8-9)16(13(17)15-10)12-4-2-3-7-14-12/h5-6,8,12,14H,2-4,7H2,1H3,(H,15,17). The lowest BCUT2D eigenvalue weighted by atomic mass is 10.1. The van der Waals surface area contributed by atoms with Gasteiger partial charge in [-0.05, 0) is 37.9 Å². The van der Waals surface area contributed by atoms with Crippen molar-refractivity contribution >= 4 is 11.0 Å². The van der Waals surface area contributed by atoms with Crippen LogP contribution in [-0.4, -0.2) is 23.2 Å². The molecule has 1 atom stereocenters. The Morgan fingerprint density at radius 2 is 2.28 bits per heavy atom. The van der Waals surface area contributed by atoms with E-state index < -0.39 is 0 Å². The quantitative estimate of drug-likeness (QED) is 0.847. The van der Waals surface area contributed by atoms with Crippen molar-refractivity contribution in [2.24, 2.45) is 0 Å². The molecule has 1 aromatic heterocycles. The number of H-pyrrole nitrogens is 1. The van der Waals surface area contributed by atoms with Gasteiger partial charge in [0.05, 0.1) is 24.3 Å². The molecular weight excluding hydrogens is 230 g/mol. The number of nitrogens with one attached hydrogen (secondary N) is 2. The van der Waals surface area contributed by atoms with Gasteiger partial charge in [-0.1, -0.05) is 0 Å². The predicted molar refractivity (Wildman–Crippen MR) is 70.0 cm³/mol. The molecular formula is C13H17N3O2. The van der Waals surface area contributed by atoms with Crippen LogP contribution in [0.2, 0.25) is 0 Å². The lowest BCUT2D eigenvalue weighted by molar-refractivity contribution is 0.321. The maximum atomic E-state index is 12.1. The molecule has 2 N–H and O–H groups in total. The number of rotatable bonds is 2. The third kappa shape index (κ3) is 1.80. The first kappa shape index (κ1) is 11.3. The summed E-state index contributed by atoms with van der Waals surface area (Å²) in [6, 6.07) is 5.65. The second kappa shape index (κ2) is 4.49. The topological polar surface area (TPSA) is 59.1 Å². The van der Waals surface area contributed by atoms with Gasteiger partial charge in [0, 0.05) is 6.07 Å². The first-order valence-corrected chi connectivity index (χ1v) is 6.31. The van der Waals surface area contributed by atoms with Gasteiger partial charge in [0.2, 0.25) is 0 Å². The molecule has 1 fully saturated rings. The van der Waals surface area contributed by atoms with Crippen molar-refractivity contribution in [2.45, 2.75) is 25.4 Å². The minimum Gasteiger partial charge on any atom is -0.497 e. The molecule has 0 saturated carbocycles. The van der Waals surface area contributed by atoms with Gasteiger partial charge in [-0.15, -0.1) is 0 Å². The van der Waals surface area contributed by atoms with Crippen LogP contribution in [0.5, 0.6) is 5.75 Å². The van der Waals surface area contributed by atoms with E-state index in [-0.39, 0.29) is 11.9 Å². The summed E-state index contributed by atoms with van der Waals surface area (Å²) in [5.41, 5.74) is 1.70. The molecule has 1 aliphatic rings. The molecule has 2 heterocycles. The Morgan fingerprint density at radius 3 is 3.00 bits per heavy atom. The van der Waals surface area contributed by atoms with Gasteiger partial charge in [-0.2, -0.15) is 0 Å². The van der Waals surface area contributed by atoms with Crippen LogP contribution in [0.25, 0.3) is 11.0 Å². The van der Waals surface area contributed by atoms with E-state index in [1.807, 2.05) is 18.2 Å². The van der Waals surface area contributed by atoms with Gasteiger partial charge >= 0.3 is 5.69 Å². The minimum atomic E-state index is -0.0577. The van der Waals surface area contributed by atoms with E-state index in [9.17, 15) is 4.79 Å². The Kier molecular flexibility index (Phi) is 2.83. The number of fused-ring (bicyclic) bond motifs is 1. The Hall–Kier alpha value is -1.75. The number of hydrogen-bond acceptors (Lipinski definition) is 3. The van der Waals surface area contributed by atoms with Crippen molar-refractivity contribution in [3.63, 3.8) is 0 Å². The number of aromatic nitrogens is 2. The lowest BCUT2D eigenvalue weighted by Crippen LogP contribution is -2.36. The SMILES string of the molecule is COc1ccc2[nH]c(=O)n(C3CCCCN3)c2c1. The van der Waals surface area contributed by atoms with E-state index in [0.29, 0.717) is 0 Å². The smallest absolute Gasteiger partial charge is 0.327 e. The molecule has 0 spiro atoms. The number of nitrogens with zero attached hydrogens (tertiary/aromatic N) is 1. The maximum absolute atomic E-state index is 12.1. The third-order valence-electron chi connectivity index (χ3n) is 3.52. The third-order valence-corrected chi connectivity index (χ3v) is 3.52. The molecule has 0 amide bonds. The molecule has 1 saturated heterocycles. The highest BCUT2D eigenvalue weighted by Gasteiger charge is 2.19. The fraction of sp³-hybridized carbons (Fsp3) is 0.462. The first-order chi connectivity index (χ1) is 8.79. The van der Waals surface area contributed by atoms with Crippen molar-refractivity contribution < 1.29 is 4.74 Å². The Morgan fingerprint density at radius 1 is 1.39 bits per heavy atom. The average molecular weight is 247 g/mol. The fourth-order valence-electron chi connectivity index (χ4n) is 2.59. The van der Waals surface area contributed by atoms with Crippen molar-refractivity contribution in [1.29, 1.82) is 0 Å². The molecule has 0 aliphatic carbocycles. The summed E-state index contributed by atoms with van der Waals surface area (Å²) < 4.78 is 7.03. The van der Waals surface area contributed by atoms with Crippen molar-refractivity contribution in [3.05, 3.63) is 28.7 Å². The van der Waals surface area contributed by atoms with Crippen LogP contribution < -0.4 is 15.7 Å². The number of piperidine rings is 1. The van der Waals surface area contributed by atoms with E-state index in [1.165, 1.54) is 6.42 Å². The van der Waals surface area contributed by atoms with Crippen molar-refractivity contribution in [2.75, 3.05) is 13.7 Å². The molecule has 1 aromatic carbocycles. The molecule has 0 radical (unpaired) electrons. The van der Waals surface area contributed by atoms with Gasteiger partial charge in [0.25, 0.3) is 0 Å². The van der Waals surface area contributed by atoms with Crippen LogP contribution >= 0.6 is 0 Å². The molecule has 0 bridgehead atoms. The maximum Gasteiger partial charge on any atom is 0.327 e. The van der Waals surface area contributed by atoms with Crippen molar-refractivity contribution in [3.8, 4) is 5.75 Å². The van der Waals surface area contributed by atoms with Gasteiger partial charge < -0.3 is 9.72 Å². The summed E-state index contributed by atoms with van der Waals surface area (Å²) in [7, 11) is 1.63. The average Bonchev–Trinajstić information content (AvgIpc) is 2.74. The highest BCUT2D eigenvalue weighted by atomic mass is 16.5. The number of hydrogen-bond donors (Lipinski definition) is 2. The van der Waals surface area contributed by atoms with Crippen LogP contribution in [0.3, 0.4) is 0 Å². The van der Waals surface area contributed by atoms with E-state index in [0.717, 1.165) is 36.2 Å². The zero-order valence-corrected chi connectivity index (χ0v) is 10.4. The summed E-state index contributed by atoms with van der Waals surface area (Å²) in [6.07, 6.45) is 3.41. The molecule has 5 nitrogen and oxygen atoms in total. The molecule has 1 aliphatic heterocycles. The highest BCUT2D eigenvalue weighted by molar-refractivity contribution is 5.77. The Balaban J connectivity index is 2.13. The highest BCUT2D eigenvalue weighted by Crippen LogP contribution is 2.23. The van der Waals surface area contributed by atoms with Gasteiger partial charge in [0.1, 0.15) is 5.75 Å². The number of methoxy groups -OCH3 is 1. The van der Waals surface area contributed by atoms with Crippen LogP contribution in [-0.2, 0) is 0 Å². The summed E-state index contributed by atoms with van der Waals surface area (Å²) in [5.74, 6) is 0.769. The van der Waals surface area contributed by atoms with Gasteiger partial charge in [-0.25, -0.2) is 4.79 Å². The lowest BCUT2D eigenvalue weighted by Gasteiger charge is -2.24. The molecule has 2 aromatic rings. The van der Waals surface area contributed by atoms with Crippen molar-refractivity contribution in [1.82, 2.24) is 14.9 Å². The monoisotopic (exact) mass is 247 g/mol. The van der Waals surface area contributed by atoms with Crippen LogP contribution in [0.15, 0.2) is 23.0 Å². The van der Waals surface area contributed by atoms with E-state index in [4.69, 9.17) is 4.74 Å². The molecule has 5 heteroatoms. The zero-order chi connectivity index (χ0) is 12.5. The van der Waals surface area contributed by atoms with Gasteiger partial charge in [0.15, 0.2) is 0 Å². The normalized spacial score (nSPS) is 20.2. The second-order valence-corrected chi connectivity index (χ2v) is 4.65.